The van der Waals surface area contributed by atoms with Crippen molar-refractivity contribution in [2.24, 2.45) is 0 Å². The first kappa shape index (κ1) is 88.6. The molecule has 1 saturated heterocycles. The maximum absolute atomic E-state index is 13.1. The fourth-order valence-electron chi connectivity index (χ4n) is 12.8. The van der Waals surface area contributed by atoms with E-state index in [-0.39, 0.29) is 18.5 Å². The van der Waals surface area contributed by atoms with Crippen LogP contribution in [0.4, 0.5) is 0 Å². The van der Waals surface area contributed by atoms with Crippen LogP contribution in [0.3, 0.4) is 0 Å². The van der Waals surface area contributed by atoms with Gasteiger partial charge in [-0.2, -0.15) is 0 Å². The van der Waals surface area contributed by atoms with Crippen molar-refractivity contribution in [3.63, 3.8) is 0 Å². The molecule has 6 N–H and O–H groups in total. The zero-order valence-corrected chi connectivity index (χ0v) is 61.0. The Hall–Kier alpha value is -2.38. The zero-order chi connectivity index (χ0) is 67.2. The van der Waals surface area contributed by atoms with Crippen LogP contribution in [0.1, 0.15) is 399 Å². The highest BCUT2D eigenvalue weighted by Gasteiger charge is 2.44. The molecule has 1 fully saturated rings. The van der Waals surface area contributed by atoms with Crippen LogP contribution >= 0.6 is 0 Å². The fourth-order valence-corrected chi connectivity index (χ4v) is 12.8. The standard InChI is InChI=1S/C82H153NO10/c1-3-5-7-9-11-13-15-17-46-50-54-58-62-66-70-78(87)91-71-67-63-59-55-51-47-44-42-40-38-36-34-32-30-28-26-24-22-20-18-19-21-23-25-27-29-31-33-35-37-39-41-43-45-49-53-57-61-65-69-77(86)83-74(73-92-82-81(90)80(89)79(88)76(72-84)93-82)75(85)68-64-60-56-52-48-16-14-12-10-8-6-4-2/h10,12,18-19,48,52,64,68,74-76,79-82,84-85,88-90H,3-9,11,13-17,20-47,49-51,53-63,65-67,69-73H2,1-2H3,(H,83,86)/b12-10+,19-18-,52-48+,68-64+. The van der Waals surface area contributed by atoms with Gasteiger partial charge in [-0.1, -0.05) is 358 Å². The number of hydrogen-bond acceptors (Lipinski definition) is 10. The Balaban J connectivity index is 1.88. The van der Waals surface area contributed by atoms with E-state index in [1.54, 1.807) is 6.08 Å². The third kappa shape index (κ3) is 59.4. The Morgan fingerprint density at radius 3 is 1.10 bits per heavy atom. The summed E-state index contributed by atoms with van der Waals surface area (Å²) in [5.74, 6) is -0.172. The van der Waals surface area contributed by atoms with E-state index in [0.717, 1.165) is 64.2 Å². The van der Waals surface area contributed by atoms with Gasteiger partial charge < -0.3 is 45.1 Å². The summed E-state index contributed by atoms with van der Waals surface area (Å²) < 4.78 is 16.7. The number of hydrogen-bond donors (Lipinski definition) is 6. The lowest BCUT2D eigenvalue weighted by Gasteiger charge is -2.40. The van der Waals surface area contributed by atoms with Crippen molar-refractivity contribution in [3.8, 4) is 0 Å². The molecule has 7 unspecified atom stereocenters. The first-order chi connectivity index (χ1) is 45.7. The number of esters is 1. The Labute approximate surface area is 574 Å². The van der Waals surface area contributed by atoms with Crippen molar-refractivity contribution in [2.45, 2.75) is 442 Å². The van der Waals surface area contributed by atoms with Gasteiger partial charge in [-0.15, -0.1) is 0 Å². The molecule has 0 aromatic heterocycles. The van der Waals surface area contributed by atoms with E-state index in [1.807, 2.05) is 6.08 Å². The van der Waals surface area contributed by atoms with Gasteiger partial charge in [0, 0.05) is 12.8 Å². The van der Waals surface area contributed by atoms with E-state index >= 15 is 0 Å². The lowest BCUT2D eigenvalue weighted by atomic mass is 9.99. The molecule has 0 aromatic rings. The van der Waals surface area contributed by atoms with Gasteiger partial charge in [0.05, 0.1) is 32.0 Å². The third-order valence-electron chi connectivity index (χ3n) is 19.1. The van der Waals surface area contributed by atoms with Crippen LogP contribution in [-0.2, 0) is 23.8 Å². The summed E-state index contributed by atoms with van der Waals surface area (Å²) in [5.41, 5.74) is 0. The predicted molar refractivity (Wildman–Crippen MR) is 394 cm³/mol. The molecule has 1 heterocycles. The normalized spacial score (nSPS) is 17.7. The number of aliphatic hydroxyl groups excluding tert-OH is 5. The van der Waals surface area contributed by atoms with Gasteiger partial charge in [-0.05, 0) is 77.0 Å². The maximum Gasteiger partial charge on any atom is 0.305 e. The van der Waals surface area contributed by atoms with Gasteiger partial charge in [0.15, 0.2) is 6.29 Å². The molecular formula is C82H153NO10. The Morgan fingerprint density at radius 2 is 0.710 bits per heavy atom. The summed E-state index contributed by atoms with van der Waals surface area (Å²) in [5, 5.41) is 54.5. The van der Waals surface area contributed by atoms with Crippen LogP contribution < -0.4 is 5.32 Å². The molecule has 1 amide bonds. The second-order valence-corrected chi connectivity index (χ2v) is 28.1. The van der Waals surface area contributed by atoms with Gasteiger partial charge in [-0.25, -0.2) is 0 Å². The van der Waals surface area contributed by atoms with Crippen LogP contribution in [0, 0.1) is 0 Å². The van der Waals surface area contributed by atoms with E-state index in [4.69, 9.17) is 14.2 Å². The molecule has 1 aliphatic heterocycles. The van der Waals surface area contributed by atoms with Gasteiger partial charge >= 0.3 is 5.97 Å². The van der Waals surface area contributed by atoms with Crippen molar-refractivity contribution in [1.82, 2.24) is 5.32 Å². The Bertz CT molecular complexity index is 1690. The van der Waals surface area contributed by atoms with Crippen molar-refractivity contribution < 1.29 is 49.3 Å². The third-order valence-corrected chi connectivity index (χ3v) is 19.1. The summed E-state index contributed by atoms with van der Waals surface area (Å²) in [6, 6.07) is -0.832. The SMILES string of the molecule is CCCC/C=C/CC/C=C/CC/C=C/C(O)C(COC1OC(CO)C(O)C(O)C1O)NC(=O)CCCCCCCCCCCCCCCCCCC/C=C\CCCCCCCCCCCCCCCCCCCCOC(=O)CCCCCCCCCCCCCCCC. The van der Waals surface area contributed by atoms with Gasteiger partial charge in [-0.3, -0.25) is 9.59 Å². The molecule has 1 aliphatic rings. The minimum Gasteiger partial charge on any atom is -0.466 e. The minimum absolute atomic E-state index is 0.0193. The van der Waals surface area contributed by atoms with Gasteiger partial charge in [0.1, 0.15) is 24.4 Å². The lowest BCUT2D eigenvalue weighted by Crippen LogP contribution is -2.60. The summed E-state index contributed by atoms with van der Waals surface area (Å²) in [6.07, 6.45) is 84.5. The van der Waals surface area contributed by atoms with E-state index in [9.17, 15) is 35.1 Å². The molecular weight excluding hydrogens is 1160 g/mol. The Morgan fingerprint density at radius 1 is 0.387 bits per heavy atom. The number of rotatable bonds is 72. The van der Waals surface area contributed by atoms with E-state index in [2.05, 4.69) is 55.6 Å². The number of nitrogens with one attached hydrogen (secondary N) is 1. The quantitative estimate of drug-likeness (QED) is 0.0195. The summed E-state index contributed by atoms with van der Waals surface area (Å²) >= 11 is 0. The van der Waals surface area contributed by atoms with Crippen LogP contribution in [0.15, 0.2) is 48.6 Å². The van der Waals surface area contributed by atoms with Crippen LogP contribution in [0.5, 0.6) is 0 Å². The molecule has 11 heteroatoms. The molecule has 7 atom stereocenters. The highest BCUT2D eigenvalue weighted by molar-refractivity contribution is 5.76. The molecule has 11 nitrogen and oxygen atoms in total. The fraction of sp³-hybridized carbons (Fsp3) is 0.878. The smallest absolute Gasteiger partial charge is 0.305 e. The second kappa shape index (κ2) is 70.9. The first-order valence-electron chi connectivity index (χ1n) is 40.4. The highest BCUT2D eigenvalue weighted by Crippen LogP contribution is 2.24. The number of ether oxygens (including phenoxy) is 3. The highest BCUT2D eigenvalue weighted by atomic mass is 16.7. The number of unbranched alkanes of at least 4 members (excludes halogenated alkanes) is 52. The molecule has 546 valence electrons. The lowest BCUT2D eigenvalue weighted by molar-refractivity contribution is -0.302. The summed E-state index contributed by atoms with van der Waals surface area (Å²) in [6.45, 7) is 4.32. The first-order valence-corrected chi connectivity index (χ1v) is 40.4. The average Bonchev–Trinajstić information content (AvgIpc) is 2.25. The molecule has 0 aliphatic carbocycles. The molecule has 93 heavy (non-hydrogen) atoms. The molecule has 1 rings (SSSR count). The number of carbonyl (C=O) groups is 2. The van der Waals surface area contributed by atoms with Gasteiger partial charge in [0.25, 0.3) is 0 Å². The number of carbonyl (C=O) groups excluding carboxylic acids is 2. The van der Waals surface area contributed by atoms with Crippen LogP contribution in [0.2, 0.25) is 0 Å². The van der Waals surface area contributed by atoms with Crippen molar-refractivity contribution in [1.29, 1.82) is 0 Å². The number of aliphatic hydroxyl groups is 5. The molecule has 0 spiro atoms. The molecule has 0 aromatic carbocycles. The van der Waals surface area contributed by atoms with Crippen molar-refractivity contribution in [3.05, 3.63) is 48.6 Å². The monoisotopic (exact) mass is 1310 g/mol. The zero-order valence-electron chi connectivity index (χ0n) is 61.0. The predicted octanol–water partition coefficient (Wildman–Crippen LogP) is 21.9. The molecule has 0 bridgehead atoms. The van der Waals surface area contributed by atoms with E-state index in [0.29, 0.717) is 19.4 Å². The van der Waals surface area contributed by atoms with E-state index < -0.39 is 49.5 Å². The topological polar surface area (TPSA) is 175 Å². The second-order valence-electron chi connectivity index (χ2n) is 28.1. The minimum atomic E-state index is -1.58. The maximum atomic E-state index is 13.1. The molecule has 0 radical (unpaired) electrons. The van der Waals surface area contributed by atoms with Crippen LogP contribution in [-0.4, -0.2) is 100 Å². The molecule has 0 saturated carbocycles. The number of allylic oxidation sites excluding steroid dienone is 7. The van der Waals surface area contributed by atoms with Crippen molar-refractivity contribution >= 4 is 11.9 Å². The van der Waals surface area contributed by atoms with Gasteiger partial charge in [0.2, 0.25) is 5.91 Å². The van der Waals surface area contributed by atoms with E-state index in [1.165, 1.54) is 308 Å². The Kier molecular flexibility index (Phi) is 67.6. The van der Waals surface area contributed by atoms with Crippen molar-refractivity contribution in [2.75, 3.05) is 19.8 Å². The number of amides is 1. The summed E-state index contributed by atoms with van der Waals surface area (Å²) in [4.78, 5) is 25.1. The largest absolute Gasteiger partial charge is 0.466 e. The van der Waals surface area contributed by atoms with Crippen LogP contribution in [0.25, 0.3) is 0 Å². The summed E-state index contributed by atoms with van der Waals surface area (Å²) in [7, 11) is 0. The average molecular weight is 1310 g/mol.